The molecule has 0 fully saturated rings. The topological polar surface area (TPSA) is 37.3 Å². The van der Waals surface area contributed by atoms with Crippen LogP contribution >= 0.6 is 28.1 Å². The Kier molecular flexibility index (Phi) is 4.42. The molecule has 0 saturated heterocycles. The zero-order valence-electron chi connectivity index (χ0n) is 8.24. The Bertz CT molecular complexity index is 359. The maximum absolute atomic E-state index is 11.2. The molecule has 0 aromatic heterocycles. The summed E-state index contributed by atoms with van der Waals surface area (Å²) in [5.74, 6) is -0.674. The van der Waals surface area contributed by atoms with Gasteiger partial charge in [-0.2, -0.15) is 0 Å². The van der Waals surface area contributed by atoms with Crippen LogP contribution < -0.4 is 0 Å². The predicted octanol–water partition coefficient (Wildman–Crippen LogP) is 3.08. The molecule has 4 heteroatoms. The Morgan fingerprint density at radius 3 is 2.40 bits per heavy atom. The van der Waals surface area contributed by atoms with Crippen molar-refractivity contribution in [3.05, 3.63) is 34.3 Å². The molecule has 1 N–H and O–H groups in total. The third-order valence-electron chi connectivity index (χ3n) is 2.14. The summed E-state index contributed by atoms with van der Waals surface area (Å²) in [6, 6.07) is 7.59. The van der Waals surface area contributed by atoms with E-state index in [0.717, 1.165) is 10.0 Å². The molecule has 0 bridgehead atoms. The van der Waals surface area contributed by atoms with Crippen LogP contribution in [0.15, 0.2) is 28.7 Å². The molecule has 15 heavy (non-hydrogen) atoms. The molecule has 1 aromatic rings. The van der Waals surface area contributed by atoms with Gasteiger partial charge in [-0.05, 0) is 43.3 Å². The van der Waals surface area contributed by atoms with Crippen LogP contribution in [0.3, 0.4) is 0 Å². The number of ketones is 1. The zero-order chi connectivity index (χ0) is 11.4. The van der Waals surface area contributed by atoms with Crippen LogP contribution in [0.4, 0.5) is 0 Å². The summed E-state index contributed by atoms with van der Waals surface area (Å²) in [5.41, 5.74) is 0.981. The molecule has 0 spiro atoms. The molecule has 0 aliphatic carbocycles. The van der Waals surface area contributed by atoms with Crippen molar-refractivity contribution in [3.8, 4) is 0 Å². The Morgan fingerprint density at radius 1 is 1.47 bits per heavy atom. The molecule has 0 amide bonds. The molecule has 0 saturated carbocycles. The smallest absolute Gasteiger partial charge is 0.167 e. The number of carbonyl (C=O) groups is 1. The first-order chi connectivity index (χ1) is 7.00. The normalized spacial score (nSPS) is 12.1. The van der Waals surface area contributed by atoms with Crippen LogP contribution in [0, 0.1) is 5.92 Å². The van der Waals surface area contributed by atoms with Gasteiger partial charge >= 0.3 is 0 Å². The van der Waals surface area contributed by atoms with Crippen molar-refractivity contribution in [3.63, 3.8) is 0 Å². The molecule has 0 aliphatic heterocycles. The van der Waals surface area contributed by atoms with Crippen molar-refractivity contribution in [1.82, 2.24) is 0 Å². The maximum Gasteiger partial charge on any atom is 0.167 e. The summed E-state index contributed by atoms with van der Waals surface area (Å²) in [6.07, 6.45) is 0.456. The van der Waals surface area contributed by atoms with Crippen molar-refractivity contribution in [2.75, 3.05) is 0 Å². The lowest BCUT2D eigenvalue weighted by atomic mass is 9.97. The van der Waals surface area contributed by atoms with Crippen LogP contribution in [-0.2, 0) is 11.2 Å². The van der Waals surface area contributed by atoms with Gasteiger partial charge in [-0.25, -0.2) is 0 Å². The van der Waals surface area contributed by atoms with Crippen LogP contribution in [0.25, 0.3) is 0 Å². The molecule has 1 rings (SSSR count). The third kappa shape index (κ3) is 3.72. The van der Waals surface area contributed by atoms with Gasteiger partial charge in [-0.3, -0.25) is 4.79 Å². The predicted molar refractivity (Wildman–Crippen MR) is 67.2 cm³/mol. The van der Waals surface area contributed by atoms with E-state index in [1.54, 1.807) is 0 Å². The summed E-state index contributed by atoms with van der Waals surface area (Å²) in [6.45, 7) is 1.44. The highest BCUT2D eigenvalue weighted by Crippen LogP contribution is 2.15. The molecule has 2 nitrogen and oxygen atoms in total. The van der Waals surface area contributed by atoms with Gasteiger partial charge in [0, 0.05) is 4.47 Å². The molecule has 1 aromatic carbocycles. The lowest BCUT2D eigenvalue weighted by Crippen LogP contribution is -2.22. The first-order valence-corrected chi connectivity index (χ1v) is 5.68. The number of halogens is 1. The summed E-state index contributed by atoms with van der Waals surface area (Å²) < 4.78 is 0.984. The van der Waals surface area contributed by atoms with Gasteiger partial charge in [0.2, 0.25) is 0 Å². The Morgan fingerprint density at radius 2 is 2.00 bits per heavy atom. The number of rotatable bonds is 4. The standard InChI is InChI=1S/C11H11BrO2S/c1-7(13)10(11(14)15)6-8-2-4-9(12)5-3-8/h2-5,10H,6H2,1H3,(H,14,15). The minimum atomic E-state index is -0.568. The highest BCUT2D eigenvalue weighted by Gasteiger charge is 2.19. The van der Waals surface area contributed by atoms with Gasteiger partial charge < -0.3 is 5.11 Å². The summed E-state index contributed by atoms with van der Waals surface area (Å²) in [5, 5.41) is 8.97. The fourth-order valence-electron chi connectivity index (χ4n) is 1.26. The number of hydrogen-bond donors (Lipinski definition) is 1. The minimum absolute atomic E-state index is 0.106. The molecule has 1 atom stereocenters. The van der Waals surface area contributed by atoms with E-state index in [-0.39, 0.29) is 10.8 Å². The van der Waals surface area contributed by atoms with Gasteiger partial charge in [0.15, 0.2) is 5.05 Å². The molecule has 0 radical (unpaired) electrons. The summed E-state index contributed by atoms with van der Waals surface area (Å²) in [4.78, 5) is 11.2. The molecular weight excluding hydrogens is 276 g/mol. The molecule has 80 valence electrons. The highest BCUT2D eigenvalue weighted by atomic mass is 79.9. The first kappa shape index (κ1) is 12.3. The number of carbonyl (C=O) groups excluding carboxylic acids is 1. The molecular formula is C11H11BrO2S. The van der Waals surface area contributed by atoms with Gasteiger partial charge in [0.1, 0.15) is 5.78 Å². The van der Waals surface area contributed by atoms with E-state index in [1.807, 2.05) is 24.3 Å². The van der Waals surface area contributed by atoms with Crippen molar-refractivity contribution >= 4 is 39.0 Å². The number of aliphatic hydroxyl groups is 1. The van der Waals surface area contributed by atoms with Crippen LogP contribution in [0.5, 0.6) is 0 Å². The maximum atomic E-state index is 11.2. The largest absolute Gasteiger partial charge is 0.501 e. The van der Waals surface area contributed by atoms with E-state index in [4.69, 9.17) is 0 Å². The van der Waals surface area contributed by atoms with E-state index in [1.165, 1.54) is 6.92 Å². The van der Waals surface area contributed by atoms with Crippen molar-refractivity contribution in [2.24, 2.45) is 5.92 Å². The lowest BCUT2D eigenvalue weighted by Gasteiger charge is -2.10. The van der Waals surface area contributed by atoms with Gasteiger partial charge in [-0.15, -0.1) is 0 Å². The van der Waals surface area contributed by atoms with E-state index < -0.39 is 5.92 Å². The summed E-state index contributed by atoms with van der Waals surface area (Å²) >= 11 is 7.97. The number of hydrogen-bond acceptors (Lipinski definition) is 2. The van der Waals surface area contributed by atoms with Gasteiger partial charge in [0.25, 0.3) is 0 Å². The molecule has 0 aliphatic rings. The van der Waals surface area contributed by atoms with E-state index in [0.29, 0.717) is 6.42 Å². The number of benzene rings is 1. The Balaban J connectivity index is 2.79. The second-order valence-corrected chi connectivity index (χ2v) is 4.67. The van der Waals surface area contributed by atoms with E-state index in [9.17, 15) is 9.90 Å². The fraction of sp³-hybridized carbons (Fsp3) is 0.273. The van der Waals surface area contributed by atoms with E-state index >= 15 is 0 Å². The minimum Gasteiger partial charge on any atom is -0.501 e. The third-order valence-corrected chi connectivity index (χ3v) is 2.96. The Labute approximate surface area is 102 Å². The fourth-order valence-corrected chi connectivity index (χ4v) is 1.77. The second kappa shape index (κ2) is 5.37. The first-order valence-electron chi connectivity index (χ1n) is 4.48. The highest BCUT2D eigenvalue weighted by molar-refractivity contribution is 9.10. The second-order valence-electron chi connectivity index (χ2n) is 3.33. The average molecular weight is 287 g/mol. The van der Waals surface area contributed by atoms with Crippen molar-refractivity contribution < 1.29 is 9.90 Å². The quantitative estimate of drug-likeness (QED) is 0.865. The number of aliphatic hydroxyl groups excluding tert-OH is 1. The number of Topliss-reactive ketones (excluding diaryl/α,β-unsaturated/α-hetero) is 1. The lowest BCUT2D eigenvalue weighted by molar-refractivity contribution is -0.119. The monoisotopic (exact) mass is 286 g/mol. The average Bonchev–Trinajstić information content (AvgIpc) is 2.15. The summed E-state index contributed by atoms with van der Waals surface area (Å²) in [7, 11) is 0. The SMILES string of the molecule is CC(=O)C(Cc1ccc(Br)cc1)C(O)=S. The zero-order valence-corrected chi connectivity index (χ0v) is 10.6. The molecule has 1 unspecified atom stereocenters. The van der Waals surface area contributed by atoms with Gasteiger partial charge in [0.05, 0.1) is 5.92 Å². The van der Waals surface area contributed by atoms with Crippen LogP contribution in [-0.4, -0.2) is 15.9 Å². The van der Waals surface area contributed by atoms with Crippen molar-refractivity contribution in [2.45, 2.75) is 13.3 Å². The molecule has 0 heterocycles. The van der Waals surface area contributed by atoms with Gasteiger partial charge in [-0.1, -0.05) is 28.1 Å². The van der Waals surface area contributed by atoms with Crippen LogP contribution in [0.1, 0.15) is 12.5 Å². The van der Waals surface area contributed by atoms with Crippen molar-refractivity contribution in [1.29, 1.82) is 0 Å². The Hall–Kier alpha value is -0.740. The van der Waals surface area contributed by atoms with Crippen LogP contribution in [0.2, 0.25) is 0 Å². The van der Waals surface area contributed by atoms with E-state index in [2.05, 4.69) is 28.1 Å². The number of thiocarbonyl (C=S) groups is 1.